The van der Waals surface area contributed by atoms with Gasteiger partial charge in [0.2, 0.25) is 0 Å². The molecule has 0 unspecified atom stereocenters. The lowest BCUT2D eigenvalue weighted by Crippen LogP contribution is -2.31. The molecule has 8 nitrogen and oxygen atoms in total. The Morgan fingerprint density at radius 1 is 0.844 bits per heavy atom. The molecular weight excluding hydrogens is 412 g/mol. The van der Waals surface area contributed by atoms with Crippen LogP contribution in [0.1, 0.15) is 11.3 Å². The number of rotatable bonds is 8. The van der Waals surface area contributed by atoms with Gasteiger partial charge < -0.3 is 23.9 Å². The Balaban J connectivity index is 1.81. The zero-order valence-electron chi connectivity index (χ0n) is 17.9. The molecule has 0 bridgehead atoms. The highest BCUT2D eigenvalue weighted by Crippen LogP contribution is 2.37. The lowest BCUT2D eigenvalue weighted by Gasteiger charge is -2.14. The Bertz CT molecular complexity index is 1180. The molecule has 1 aliphatic rings. The number of furan rings is 1. The number of carbonyl (C=O) groups excluding carboxylic acids is 2. The van der Waals surface area contributed by atoms with Crippen molar-refractivity contribution in [2.45, 2.75) is 6.54 Å². The second kappa shape index (κ2) is 8.89. The van der Waals surface area contributed by atoms with E-state index in [1.165, 1.54) is 27.6 Å². The van der Waals surface area contributed by atoms with Crippen LogP contribution in [0.25, 0.3) is 5.57 Å². The van der Waals surface area contributed by atoms with E-state index in [2.05, 4.69) is 5.32 Å². The van der Waals surface area contributed by atoms with Crippen LogP contribution in [0, 0.1) is 0 Å². The number of hydrogen-bond donors (Lipinski definition) is 1. The number of imide groups is 1. The molecule has 0 saturated heterocycles. The Morgan fingerprint density at radius 2 is 1.59 bits per heavy atom. The van der Waals surface area contributed by atoms with Gasteiger partial charge >= 0.3 is 0 Å². The lowest BCUT2D eigenvalue weighted by molar-refractivity contribution is -0.137. The summed E-state index contributed by atoms with van der Waals surface area (Å²) in [6, 6.07) is 15.6. The number of benzene rings is 2. The molecule has 2 aromatic carbocycles. The summed E-state index contributed by atoms with van der Waals surface area (Å²) < 4.78 is 21.4. The second-order valence-corrected chi connectivity index (χ2v) is 6.92. The molecule has 0 radical (unpaired) electrons. The molecule has 1 aromatic heterocycles. The van der Waals surface area contributed by atoms with E-state index in [0.717, 1.165) is 4.90 Å². The molecule has 0 atom stereocenters. The quantitative estimate of drug-likeness (QED) is 0.541. The number of methoxy groups -OCH3 is 3. The summed E-state index contributed by atoms with van der Waals surface area (Å²) >= 11 is 0. The van der Waals surface area contributed by atoms with Crippen LogP contribution in [0.5, 0.6) is 17.2 Å². The monoisotopic (exact) mass is 434 g/mol. The third-order valence-corrected chi connectivity index (χ3v) is 5.10. The van der Waals surface area contributed by atoms with Crippen LogP contribution < -0.4 is 19.5 Å². The molecule has 0 spiro atoms. The molecule has 3 aromatic rings. The van der Waals surface area contributed by atoms with Crippen LogP contribution in [0.4, 0.5) is 5.69 Å². The summed E-state index contributed by atoms with van der Waals surface area (Å²) in [6.45, 7) is 0.0125. The Kier molecular flexibility index (Phi) is 5.85. The van der Waals surface area contributed by atoms with Gasteiger partial charge in [0.25, 0.3) is 11.8 Å². The molecular formula is C24H22N2O6. The van der Waals surface area contributed by atoms with Crippen molar-refractivity contribution in [2.75, 3.05) is 26.6 Å². The molecule has 8 heteroatoms. The van der Waals surface area contributed by atoms with Gasteiger partial charge in [-0.15, -0.1) is 0 Å². The number of nitrogens with zero attached hydrogens (tertiary/aromatic N) is 1. The van der Waals surface area contributed by atoms with E-state index in [9.17, 15) is 9.59 Å². The van der Waals surface area contributed by atoms with Gasteiger partial charge in [0.1, 0.15) is 17.2 Å². The van der Waals surface area contributed by atoms with Crippen molar-refractivity contribution in [3.63, 3.8) is 0 Å². The maximum atomic E-state index is 13.4. The van der Waals surface area contributed by atoms with Crippen molar-refractivity contribution in [1.82, 2.24) is 4.90 Å². The highest BCUT2D eigenvalue weighted by Gasteiger charge is 2.40. The molecule has 2 heterocycles. The first-order valence-electron chi connectivity index (χ1n) is 9.82. The smallest absolute Gasteiger partial charge is 0.278 e. The van der Waals surface area contributed by atoms with E-state index < -0.39 is 11.8 Å². The van der Waals surface area contributed by atoms with E-state index in [0.29, 0.717) is 34.3 Å². The van der Waals surface area contributed by atoms with Gasteiger partial charge in [0.05, 0.1) is 45.4 Å². The number of hydrogen-bond acceptors (Lipinski definition) is 7. The maximum Gasteiger partial charge on any atom is 0.278 e. The molecule has 1 N–H and O–H groups in total. The molecule has 0 fully saturated rings. The molecule has 1 aliphatic heterocycles. The first kappa shape index (κ1) is 21.0. The van der Waals surface area contributed by atoms with Crippen molar-refractivity contribution < 1.29 is 28.2 Å². The maximum absolute atomic E-state index is 13.4. The van der Waals surface area contributed by atoms with Crippen LogP contribution >= 0.6 is 0 Å². The predicted molar refractivity (Wildman–Crippen MR) is 117 cm³/mol. The standard InChI is InChI=1S/C24H22N2O6/c1-29-18-9-5-4-8-17(18)25-22-21(15-10-11-19(30-2)20(13-15)31-3)23(27)26(24(22)28)14-16-7-6-12-32-16/h4-13,25H,14H2,1-3H3. The van der Waals surface area contributed by atoms with Gasteiger partial charge in [-0.25, -0.2) is 0 Å². The van der Waals surface area contributed by atoms with Crippen molar-refractivity contribution >= 4 is 23.1 Å². The van der Waals surface area contributed by atoms with Crippen molar-refractivity contribution in [3.8, 4) is 17.2 Å². The largest absolute Gasteiger partial charge is 0.495 e. The average molecular weight is 434 g/mol. The zero-order valence-corrected chi connectivity index (χ0v) is 17.9. The third kappa shape index (κ3) is 3.78. The minimum atomic E-state index is -0.470. The van der Waals surface area contributed by atoms with E-state index in [1.807, 2.05) is 12.1 Å². The van der Waals surface area contributed by atoms with Gasteiger partial charge in [-0.1, -0.05) is 18.2 Å². The number of carbonyl (C=O) groups is 2. The first-order chi connectivity index (χ1) is 15.6. The normalized spacial score (nSPS) is 13.5. The minimum absolute atomic E-state index is 0.0125. The summed E-state index contributed by atoms with van der Waals surface area (Å²) in [7, 11) is 4.57. The van der Waals surface area contributed by atoms with Gasteiger partial charge in [0, 0.05) is 0 Å². The predicted octanol–water partition coefficient (Wildman–Crippen LogP) is 3.70. The van der Waals surface area contributed by atoms with Gasteiger partial charge in [0.15, 0.2) is 11.5 Å². The van der Waals surface area contributed by atoms with Gasteiger partial charge in [-0.3, -0.25) is 14.5 Å². The SMILES string of the molecule is COc1ccccc1NC1=C(c2ccc(OC)c(OC)c2)C(=O)N(Cc2ccco2)C1=O. The third-order valence-electron chi connectivity index (χ3n) is 5.10. The lowest BCUT2D eigenvalue weighted by atomic mass is 10.0. The Morgan fingerprint density at radius 3 is 2.28 bits per heavy atom. The van der Waals surface area contributed by atoms with E-state index >= 15 is 0 Å². The summed E-state index contributed by atoms with van der Waals surface area (Å²) in [4.78, 5) is 27.9. The second-order valence-electron chi connectivity index (χ2n) is 6.92. The molecule has 2 amide bonds. The Hall–Kier alpha value is -4.20. The number of para-hydroxylation sites is 2. The number of anilines is 1. The highest BCUT2D eigenvalue weighted by molar-refractivity contribution is 6.36. The average Bonchev–Trinajstić information content (AvgIpc) is 3.42. The summed E-state index contributed by atoms with van der Waals surface area (Å²) in [5.41, 5.74) is 1.43. The molecule has 0 aliphatic carbocycles. The first-order valence-corrected chi connectivity index (χ1v) is 9.82. The number of ether oxygens (including phenoxy) is 3. The molecule has 0 saturated carbocycles. The minimum Gasteiger partial charge on any atom is -0.495 e. The summed E-state index contributed by atoms with van der Waals surface area (Å²) in [5, 5.41) is 3.10. The number of nitrogens with one attached hydrogen (secondary N) is 1. The van der Waals surface area contributed by atoms with Gasteiger partial charge in [-0.05, 0) is 42.0 Å². The highest BCUT2D eigenvalue weighted by atomic mass is 16.5. The van der Waals surface area contributed by atoms with E-state index in [4.69, 9.17) is 18.6 Å². The van der Waals surface area contributed by atoms with E-state index in [1.54, 1.807) is 42.5 Å². The zero-order chi connectivity index (χ0) is 22.7. The fourth-order valence-electron chi connectivity index (χ4n) is 3.54. The summed E-state index contributed by atoms with van der Waals surface area (Å²) in [6.07, 6.45) is 1.50. The molecule has 164 valence electrons. The van der Waals surface area contributed by atoms with Gasteiger partial charge in [-0.2, -0.15) is 0 Å². The van der Waals surface area contributed by atoms with Crippen molar-refractivity contribution in [3.05, 3.63) is 77.9 Å². The fourth-order valence-corrected chi connectivity index (χ4v) is 3.54. The number of amides is 2. The Labute approximate surface area is 185 Å². The van der Waals surface area contributed by atoms with Crippen LogP contribution in [0.3, 0.4) is 0 Å². The van der Waals surface area contributed by atoms with Crippen molar-refractivity contribution in [1.29, 1.82) is 0 Å². The topological polar surface area (TPSA) is 90.2 Å². The molecule has 4 rings (SSSR count). The summed E-state index contributed by atoms with van der Waals surface area (Å²) in [5.74, 6) is 1.07. The fraction of sp³-hybridized carbons (Fsp3) is 0.167. The van der Waals surface area contributed by atoms with Crippen LogP contribution in [0.2, 0.25) is 0 Å². The van der Waals surface area contributed by atoms with Crippen LogP contribution in [-0.4, -0.2) is 38.0 Å². The van der Waals surface area contributed by atoms with Crippen LogP contribution in [-0.2, 0) is 16.1 Å². The van der Waals surface area contributed by atoms with Crippen molar-refractivity contribution in [2.24, 2.45) is 0 Å². The van der Waals surface area contributed by atoms with E-state index in [-0.39, 0.29) is 17.8 Å². The molecule has 32 heavy (non-hydrogen) atoms. The van der Waals surface area contributed by atoms with Crippen LogP contribution in [0.15, 0.2) is 71.0 Å².